The van der Waals surface area contributed by atoms with E-state index in [0.29, 0.717) is 11.0 Å². The van der Waals surface area contributed by atoms with Crippen LogP contribution in [0.3, 0.4) is 0 Å². The molecule has 27 heavy (non-hydrogen) atoms. The van der Waals surface area contributed by atoms with Crippen molar-refractivity contribution in [2.75, 3.05) is 5.32 Å². The lowest BCUT2D eigenvalue weighted by Gasteiger charge is -2.08. The molecule has 6 nitrogen and oxygen atoms in total. The smallest absolute Gasteiger partial charge is 0.411 e. The number of nitrogens with zero attached hydrogens (tertiary/aromatic N) is 3. The molecule has 4 aromatic rings. The van der Waals surface area contributed by atoms with E-state index in [-0.39, 0.29) is 18.0 Å². The Morgan fingerprint density at radius 2 is 1.63 bits per heavy atom. The summed E-state index contributed by atoms with van der Waals surface area (Å²) in [5, 5.41) is 11.0. The van der Waals surface area contributed by atoms with E-state index in [1.54, 1.807) is 18.2 Å². The fraction of sp³-hybridized carbons (Fsp3) is 0.0500. The fourth-order valence-electron chi connectivity index (χ4n) is 2.59. The highest BCUT2D eigenvalue weighted by Gasteiger charge is 2.11. The molecule has 0 atom stereocenters. The first-order valence-corrected chi connectivity index (χ1v) is 8.29. The Hall–Kier alpha value is -3.74. The Morgan fingerprint density at radius 1 is 0.963 bits per heavy atom. The second-order valence-electron chi connectivity index (χ2n) is 5.83. The number of amides is 1. The average molecular weight is 362 g/mol. The van der Waals surface area contributed by atoms with Crippen LogP contribution in [-0.2, 0) is 11.3 Å². The molecular formula is C20H15FN4O2. The van der Waals surface area contributed by atoms with Crippen molar-refractivity contribution in [3.63, 3.8) is 0 Å². The lowest BCUT2D eigenvalue weighted by Crippen LogP contribution is -2.14. The maximum Gasteiger partial charge on any atom is 0.411 e. The van der Waals surface area contributed by atoms with E-state index in [0.717, 1.165) is 5.56 Å². The summed E-state index contributed by atoms with van der Waals surface area (Å²) in [6.07, 6.45) is -0.658. The average Bonchev–Trinajstić information content (AvgIpc) is 3.11. The molecule has 0 bridgehead atoms. The third-order valence-electron chi connectivity index (χ3n) is 3.91. The number of halogens is 1. The normalized spacial score (nSPS) is 10.7. The van der Waals surface area contributed by atoms with E-state index in [1.807, 2.05) is 42.5 Å². The molecule has 1 aromatic heterocycles. The summed E-state index contributed by atoms with van der Waals surface area (Å²) in [6, 6.07) is 20.8. The van der Waals surface area contributed by atoms with Crippen molar-refractivity contribution in [3.05, 3.63) is 84.2 Å². The highest BCUT2D eigenvalue weighted by molar-refractivity contribution is 5.84. The molecule has 0 spiro atoms. The Labute approximate surface area is 154 Å². The number of anilines is 1. The Kier molecular flexibility index (Phi) is 4.49. The van der Waals surface area contributed by atoms with Crippen molar-refractivity contribution in [1.82, 2.24) is 15.0 Å². The van der Waals surface area contributed by atoms with Crippen LogP contribution in [0.15, 0.2) is 72.8 Å². The van der Waals surface area contributed by atoms with Crippen LogP contribution < -0.4 is 5.32 Å². The van der Waals surface area contributed by atoms with Crippen molar-refractivity contribution in [2.45, 2.75) is 6.61 Å². The molecule has 0 unspecified atom stereocenters. The van der Waals surface area contributed by atoms with Crippen LogP contribution in [0.4, 0.5) is 14.9 Å². The predicted molar refractivity (Wildman–Crippen MR) is 99.1 cm³/mol. The van der Waals surface area contributed by atoms with Crippen molar-refractivity contribution in [2.24, 2.45) is 0 Å². The standard InChI is InChI=1S/C20H15FN4O2/c21-16-12-15(22-20(26)27-13-14-6-2-1-3-7-14)10-11-19(16)25-23-17-8-4-5-9-18(17)24-25/h1-12H,13H2,(H,22,26). The summed E-state index contributed by atoms with van der Waals surface area (Å²) < 4.78 is 19.6. The van der Waals surface area contributed by atoms with Gasteiger partial charge in [-0.25, -0.2) is 9.18 Å². The highest BCUT2D eigenvalue weighted by atomic mass is 19.1. The number of hydrogen-bond donors (Lipinski definition) is 1. The number of carbonyl (C=O) groups excluding carboxylic acids is 1. The summed E-state index contributed by atoms with van der Waals surface area (Å²) >= 11 is 0. The van der Waals surface area contributed by atoms with Gasteiger partial charge in [0.05, 0.1) is 0 Å². The molecular weight excluding hydrogens is 347 g/mol. The second-order valence-corrected chi connectivity index (χ2v) is 5.83. The van der Waals surface area contributed by atoms with Gasteiger partial charge in [-0.15, -0.1) is 15.0 Å². The summed E-state index contributed by atoms with van der Waals surface area (Å²) in [7, 11) is 0. The number of benzene rings is 3. The van der Waals surface area contributed by atoms with Crippen LogP contribution in [0.2, 0.25) is 0 Å². The summed E-state index contributed by atoms with van der Waals surface area (Å²) in [6.45, 7) is 0.136. The second kappa shape index (κ2) is 7.25. The van der Waals surface area contributed by atoms with E-state index in [1.165, 1.54) is 16.9 Å². The van der Waals surface area contributed by atoms with Gasteiger partial charge in [-0.3, -0.25) is 5.32 Å². The quantitative estimate of drug-likeness (QED) is 0.587. The van der Waals surface area contributed by atoms with Crippen molar-refractivity contribution < 1.29 is 13.9 Å². The molecule has 0 saturated heterocycles. The van der Waals surface area contributed by atoms with Gasteiger partial charge < -0.3 is 4.74 Å². The van der Waals surface area contributed by atoms with Crippen LogP contribution in [0.1, 0.15) is 5.56 Å². The zero-order valence-corrected chi connectivity index (χ0v) is 14.2. The van der Waals surface area contributed by atoms with E-state index >= 15 is 0 Å². The lowest BCUT2D eigenvalue weighted by atomic mass is 10.2. The topological polar surface area (TPSA) is 69.0 Å². The molecule has 0 aliphatic carbocycles. The SMILES string of the molecule is O=C(Nc1ccc(-n2nc3ccccc3n2)c(F)c1)OCc1ccccc1. The minimum atomic E-state index is -0.658. The summed E-state index contributed by atoms with van der Waals surface area (Å²) in [4.78, 5) is 13.1. The van der Waals surface area contributed by atoms with Gasteiger partial charge >= 0.3 is 6.09 Å². The van der Waals surface area contributed by atoms with E-state index in [9.17, 15) is 9.18 Å². The molecule has 134 valence electrons. The van der Waals surface area contributed by atoms with Gasteiger partial charge in [-0.05, 0) is 35.9 Å². The van der Waals surface area contributed by atoms with Crippen LogP contribution in [-0.4, -0.2) is 21.1 Å². The molecule has 4 rings (SSSR count). The molecule has 1 N–H and O–H groups in total. The number of aromatic nitrogens is 3. The van der Waals surface area contributed by atoms with Gasteiger partial charge in [0.2, 0.25) is 0 Å². The summed E-state index contributed by atoms with van der Waals surface area (Å²) in [5.74, 6) is -0.559. The monoisotopic (exact) mass is 362 g/mol. The molecule has 0 saturated carbocycles. The van der Waals surface area contributed by atoms with Crippen LogP contribution in [0.5, 0.6) is 0 Å². The number of rotatable bonds is 4. The number of hydrogen-bond acceptors (Lipinski definition) is 4. The first kappa shape index (κ1) is 16.7. The number of ether oxygens (including phenoxy) is 1. The molecule has 0 aliphatic heterocycles. The first-order chi connectivity index (χ1) is 13.2. The Morgan fingerprint density at radius 3 is 2.30 bits per heavy atom. The maximum absolute atomic E-state index is 14.5. The number of carbonyl (C=O) groups is 1. The molecule has 7 heteroatoms. The van der Waals surface area contributed by atoms with E-state index in [2.05, 4.69) is 15.5 Å². The predicted octanol–water partition coefficient (Wildman–Crippen LogP) is 4.31. The Balaban J connectivity index is 1.45. The van der Waals surface area contributed by atoms with Crippen molar-refractivity contribution >= 4 is 22.8 Å². The number of fused-ring (bicyclic) bond motifs is 1. The van der Waals surface area contributed by atoms with Crippen LogP contribution in [0.25, 0.3) is 16.7 Å². The third-order valence-corrected chi connectivity index (χ3v) is 3.91. The summed E-state index contributed by atoms with van der Waals surface area (Å²) in [5.41, 5.74) is 2.68. The van der Waals surface area contributed by atoms with Gasteiger partial charge in [0, 0.05) is 5.69 Å². The maximum atomic E-state index is 14.5. The van der Waals surface area contributed by atoms with Crippen molar-refractivity contribution in [1.29, 1.82) is 0 Å². The Bertz CT molecular complexity index is 1060. The molecule has 1 heterocycles. The van der Waals surface area contributed by atoms with Gasteiger partial charge in [-0.2, -0.15) is 0 Å². The minimum absolute atomic E-state index is 0.136. The molecule has 1 amide bonds. The fourth-order valence-corrected chi connectivity index (χ4v) is 2.59. The lowest BCUT2D eigenvalue weighted by molar-refractivity contribution is 0.155. The van der Waals surface area contributed by atoms with Gasteiger partial charge in [-0.1, -0.05) is 42.5 Å². The van der Waals surface area contributed by atoms with Crippen molar-refractivity contribution in [3.8, 4) is 5.69 Å². The van der Waals surface area contributed by atoms with E-state index < -0.39 is 11.9 Å². The zero-order valence-electron chi connectivity index (χ0n) is 14.2. The highest BCUT2D eigenvalue weighted by Crippen LogP contribution is 2.19. The third kappa shape index (κ3) is 3.77. The molecule has 0 radical (unpaired) electrons. The van der Waals surface area contributed by atoms with Gasteiger partial charge in [0.15, 0.2) is 5.82 Å². The van der Waals surface area contributed by atoms with Crippen LogP contribution >= 0.6 is 0 Å². The van der Waals surface area contributed by atoms with Gasteiger partial charge in [0.1, 0.15) is 23.3 Å². The number of nitrogens with one attached hydrogen (secondary N) is 1. The van der Waals surface area contributed by atoms with E-state index in [4.69, 9.17) is 4.74 Å². The molecule has 3 aromatic carbocycles. The molecule has 0 fully saturated rings. The molecule has 0 aliphatic rings. The van der Waals surface area contributed by atoms with Crippen LogP contribution in [0, 0.1) is 5.82 Å². The minimum Gasteiger partial charge on any atom is -0.444 e. The zero-order chi connectivity index (χ0) is 18.6. The largest absolute Gasteiger partial charge is 0.444 e. The van der Waals surface area contributed by atoms with Gasteiger partial charge in [0.25, 0.3) is 0 Å². The first-order valence-electron chi connectivity index (χ1n) is 8.29.